The van der Waals surface area contributed by atoms with Crippen LogP contribution in [-0.2, 0) is 6.42 Å². The fourth-order valence-electron chi connectivity index (χ4n) is 1.35. The molecule has 1 aromatic rings. The summed E-state index contributed by atoms with van der Waals surface area (Å²) < 4.78 is 11.2. The van der Waals surface area contributed by atoms with Crippen LogP contribution in [0.15, 0.2) is 10.5 Å². The number of hydrogen-bond acceptors (Lipinski definition) is 4. The largest absolute Gasteiger partial charge is 0.495 e. The average Bonchev–Trinajstić information content (AvgIpc) is 2.30. The van der Waals surface area contributed by atoms with Gasteiger partial charge in [0, 0.05) is 18.5 Å². The summed E-state index contributed by atoms with van der Waals surface area (Å²) in [5.74, 6) is 1.29. The SMILES string of the molecule is CCC(N)Cc1nc(OC)c(Br)cc1OC. The lowest BCUT2D eigenvalue weighted by atomic mass is 10.1. The van der Waals surface area contributed by atoms with Gasteiger partial charge < -0.3 is 15.2 Å². The number of nitrogens with zero attached hydrogens (tertiary/aromatic N) is 1. The number of aromatic nitrogens is 1. The summed E-state index contributed by atoms with van der Waals surface area (Å²) in [7, 11) is 3.21. The van der Waals surface area contributed by atoms with Crippen molar-refractivity contribution < 1.29 is 9.47 Å². The van der Waals surface area contributed by atoms with Crippen molar-refractivity contribution in [2.24, 2.45) is 5.73 Å². The van der Waals surface area contributed by atoms with E-state index in [9.17, 15) is 0 Å². The first-order chi connectivity index (χ1) is 7.62. The average molecular weight is 289 g/mol. The van der Waals surface area contributed by atoms with Crippen LogP contribution in [0.4, 0.5) is 0 Å². The van der Waals surface area contributed by atoms with Crippen LogP contribution in [0.5, 0.6) is 11.6 Å². The van der Waals surface area contributed by atoms with E-state index in [0.717, 1.165) is 22.3 Å². The summed E-state index contributed by atoms with van der Waals surface area (Å²) in [5, 5.41) is 0. The highest BCUT2D eigenvalue weighted by Gasteiger charge is 2.13. The number of halogens is 1. The molecule has 5 heteroatoms. The third-order valence-electron chi connectivity index (χ3n) is 2.38. The number of methoxy groups -OCH3 is 2. The molecule has 1 aromatic heterocycles. The van der Waals surface area contributed by atoms with Crippen molar-refractivity contribution in [2.75, 3.05) is 14.2 Å². The molecule has 0 aromatic carbocycles. The zero-order chi connectivity index (χ0) is 12.1. The van der Waals surface area contributed by atoms with Gasteiger partial charge in [0.1, 0.15) is 5.75 Å². The first-order valence-electron chi connectivity index (χ1n) is 5.15. The Hall–Kier alpha value is -0.810. The number of rotatable bonds is 5. The Morgan fingerprint density at radius 1 is 1.44 bits per heavy atom. The molecule has 0 aliphatic rings. The van der Waals surface area contributed by atoms with E-state index in [1.807, 2.05) is 13.0 Å². The van der Waals surface area contributed by atoms with Crippen molar-refractivity contribution in [1.82, 2.24) is 4.98 Å². The van der Waals surface area contributed by atoms with Crippen LogP contribution < -0.4 is 15.2 Å². The molecule has 1 unspecified atom stereocenters. The second kappa shape index (κ2) is 6.06. The lowest BCUT2D eigenvalue weighted by molar-refractivity contribution is 0.377. The van der Waals surface area contributed by atoms with Crippen molar-refractivity contribution in [3.05, 3.63) is 16.2 Å². The fourth-order valence-corrected chi connectivity index (χ4v) is 1.81. The van der Waals surface area contributed by atoms with Crippen molar-refractivity contribution in [3.63, 3.8) is 0 Å². The predicted octanol–water partition coefficient (Wildman–Crippen LogP) is 2.14. The zero-order valence-corrected chi connectivity index (χ0v) is 11.4. The molecule has 16 heavy (non-hydrogen) atoms. The van der Waals surface area contributed by atoms with Gasteiger partial charge in [0.2, 0.25) is 5.88 Å². The van der Waals surface area contributed by atoms with Crippen LogP contribution in [-0.4, -0.2) is 25.2 Å². The van der Waals surface area contributed by atoms with Gasteiger partial charge in [0.05, 0.1) is 24.4 Å². The lowest BCUT2D eigenvalue weighted by Crippen LogP contribution is -2.22. The summed E-state index contributed by atoms with van der Waals surface area (Å²) in [6.45, 7) is 2.05. The van der Waals surface area contributed by atoms with Gasteiger partial charge in [-0.3, -0.25) is 0 Å². The van der Waals surface area contributed by atoms with E-state index in [0.29, 0.717) is 12.3 Å². The summed E-state index contributed by atoms with van der Waals surface area (Å²) in [6.07, 6.45) is 1.59. The van der Waals surface area contributed by atoms with Crippen molar-refractivity contribution in [1.29, 1.82) is 0 Å². The van der Waals surface area contributed by atoms with Gasteiger partial charge in [-0.25, -0.2) is 4.98 Å². The van der Waals surface area contributed by atoms with E-state index in [2.05, 4.69) is 20.9 Å². The van der Waals surface area contributed by atoms with E-state index < -0.39 is 0 Å². The summed E-state index contributed by atoms with van der Waals surface area (Å²) in [5.41, 5.74) is 6.74. The monoisotopic (exact) mass is 288 g/mol. The minimum atomic E-state index is 0.0901. The molecule has 0 amide bonds. The second-order valence-corrected chi connectivity index (χ2v) is 4.36. The Morgan fingerprint density at radius 3 is 2.62 bits per heavy atom. The van der Waals surface area contributed by atoms with Crippen molar-refractivity contribution >= 4 is 15.9 Å². The second-order valence-electron chi connectivity index (χ2n) is 3.50. The Morgan fingerprint density at radius 2 is 2.12 bits per heavy atom. The Bertz CT molecular complexity index is 358. The Kier molecular flexibility index (Phi) is 5.02. The summed E-state index contributed by atoms with van der Waals surface area (Å²) in [4.78, 5) is 4.38. The van der Waals surface area contributed by atoms with Crippen LogP contribution in [0.25, 0.3) is 0 Å². The molecule has 0 bridgehead atoms. The smallest absolute Gasteiger partial charge is 0.228 e. The third-order valence-corrected chi connectivity index (χ3v) is 2.94. The van der Waals surface area contributed by atoms with Crippen LogP contribution in [0.2, 0.25) is 0 Å². The molecule has 1 heterocycles. The minimum absolute atomic E-state index is 0.0901. The molecule has 1 atom stereocenters. The van der Waals surface area contributed by atoms with Gasteiger partial charge in [-0.1, -0.05) is 6.92 Å². The van der Waals surface area contributed by atoms with Gasteiger partial charge in [-0.15, -0.1) is 0 Å². The number of ether oxygens (including phenoxy) is 2. The van der Waals surface area contributed by atoms with Gasteiger partial charge in [-0.05, 0) is 22.4 Å². The van der Waals surface area contributed by atoms with Crippen LogP contribution in [0, 0.1) is 0 Å². The van der Waals surface area contributed by atoms with Gasteiger partial charge in [0.25, 0.3) is 0 Å². The maximum atomic E-state index is 5.91. The van der Waals surface area contributed by atoms with Gasteiger partial charge in [0.15, 0.2) is 0 Å². The summed E-state index contributed by atoms with van der Waals surface area (Å²) >= 11 is 3.37. The molecule has 0 aliphatic carbocycles. The third kappa shape index (κ3) is 3.09. The molecule has 0 spiro atoms. The molecule has 0 saturated carbocycles. The number of nitrogens with two attached hydrogens (primary N) is 1. The standard InChI is InChI=1S/C11H17BrN2O2/c1-4-7(13)5-9-10(15-2)6-8(12)11(14-9)16-3/h6-7H,4-5,13H2,1-3H3. The van der Waals surface area contributed by atoms with Crippen LogP contribution in [0.3, 0.4) is 0 Å². The quantitative estimate of drug-likeness (QED) is 0.902. The number of hydrogen-bond donors (Lipinski definition) is 1. The minimum Gasteiger partial charge on any atom is -0.495 e. The van der Waals surface area contributed by atoms with Gasteiger partial charge in [-0.2, -0.15) is 0 Å². The topological polar surface area (TPSA) is 57.4 Å². The Balaban J connectivity index is 3.04. The first-order valence-corrected chi connectivity index (χ1v) is 5.94. The lowest BCUT2D eigenvalue weighted by Gasteiger charge is -2.13. The molecule has 0 radical (unpaired) electrons. The summed E-state index contributed by atoms with van der Waals surface area (Å²) in [6, 6.07) is 1.94. The molecule has 4 nitrogen and oxygen atoms in total. The fraction of sp³-hybridized carbons (Fsp3) is 0.545. The highest BCUT2D eigenvalue weighted by atomic mass is 79.9. The highest BCUT2D eigenvalue weighted by Crippen LogP contribution is 2.30. The maximum absolute atomic E-state index is 5.91. The van der Waals surface area contributed by atoms with Crippen molar-refractivity contribution in [2.45, 2.75) is 25.8 Å². The van der Waals surface area contributed by atoms with E-state index >= 15 is 0 Å². The molecule has 0 aliphatic heterocycles. The maximum Gasteiger partial charge on any atom is 0.228 e. The van der Waals surface area contributed by atoms with E-state index in [1.54, 1.807) is 14.2 Å². The van der Waals surface area contributed by atoms with Crippen molar-refractivity contribution in [3.8, 4) is 11.6 Å². The van der Waals surface area contributed by atoms with Crippen LogP contribution >= 0.6 is 15.9 Å². The van der Waals surface area contributed by atoms with E-state index in [1.165, 1.54) is 0 Å². The molecular weight excluding hydrogens is 272 g/mol. The molecule has 1 rings (SSSR count). The molecule has 0 saturated heterocycles. The molecular formula is C11H17BrN2O2. The van der Waals surface area contributed by atoms with Crippen LogP contribution in [0.1, 0.15) is 19.0 Å². The van der Waals surface area contributed by atoms with Gasteiger partial charge >= 0.3 is 0 Å². The molecule has 2 N–H and O–H groups in total. The number of pyridine rings is 1. The van der Waals surface area contributed by atoms with E-state index in [-0.39, 0.29) is 6.04 Å². The normalized spacial score (nSPS) is 12.3. The first kappa shape index (κ1) is 13.3. The molecule has 90 valence electrons. The van der Waals surface area contributed by atoms with E-state index in [4.69, 9.17) is 15.2 Å². The predicted molar refractivity (Wildman–Crippen MR) is 67.0 cm³/mol. The Labute approximate surface area is 104 Å². The molecule has 0 fully saturated rings. The highest BCUT2D eigenvalue weighted by molar-refractivity contribution is 9.10. The zero-order valence-electron chi connectivity index (χ0n) is 9.79.